The highest BCUT2D eigenvalue weighted by Gasteiger charge is 2.36. The van der Waals surface area contributed by atoms with E-state index in [-0.39, 0.29) is 39.1 Å². The molecule has 2 amide bonds. The van der Waals surface area contributed by atoms with E-state index in [0.29, 0.717) is 88.5 Å². The van der Waals surface area contributed by atoms with Crippen molar-refractivity contribution in [3.63, 3.8) is 0 Å². The van der Waals surface area contributed by atoms with Crippen molar-refractivity contribution in [2.45, 2.75) is 129 Å². The second-order valence-electron chi connectivity index (χ2n) is 18.1. The Morgan fingerprint density at radius 3 is 1.40 bits per heavy atom. The van der Waals surface area contributed by atoms with Crippen molar-refractivity contribution >= 4 is 46.5 Å². The van der Waals surface area contributed by atoms with Gasteiger partial charge in [-0.3, -0.25) is 0 Å². The van der Waals surface area contributed by atoms with Crippen molar-refractivity contribution in [1.82, 2.24) is 19.8 Å². The number of benzene rings is 2. The van der Waals surface area contributed by atoms with Gasteiger partial charge in [-0.15, -0.1) is 49.0 Å². The van der Waals surface area contributed by atoms with Crippen LogP contribution in [0.15, 0.2) is 41.8 Å². The van der Waals surface area contributed by atoms with Crippen LogP contribution in [0.1, 0.15) is 114 Å². The average molecular weight is 1020 g/mol. The van der Waals surface area contributed by atoms with Crippen molar-refractivity contribution in [2.75, 3.05) is 26.2 Å². The number of aromatic nitrogens is 2. The molecule has 2 fully saturated rings. The lowest BCUT2D eigenvalue weighted by atomic mass is 9.97. The first-order chi connectivity index (χ1) is 30.6. The number of piperidine rings is 2. The Morgan fingerprint density at radius 1 is 0.597 bits per heavy atom. The fourth-order valence-electron chi connectivity index (χ4n) is 6.92. The monoisotopic (exact) mass is 1020 g/mol. The zero-order valence-electron chi connectivity index (χ0n) is 37.6. The zero-order valence-corrected chi connectivity index (χ0v) is 40.0. The molecule has 0 spiro atoms. The third-order valence-corrected chi connectivity index (χ3v) is 12.4. The van der Waals surface area contributed by atoms with Crippen LogP contribution in [0.25, 0.3) is 22.5 Å². The fourth-order valence-corrected chi connectivity index (χ4v) is 9.30. The van der Waals surface area contributed by atoms with E-state index in [1.165, 1.54) is 11.3 Å². The van der Waals surface area contributed by atoms with Gasteiger partial charge in [-0.1, -0.05) is 11.6 Å². The van der Waals surface area contributed by atoms with Crippen LogP contribution < -0.4 is 9.47 Å². The Morgan fingerprint density at radius 2 is 1.00 bits per heavy atom. The molecule has 2 aromatic heterocycles. The maximum Gasteiger partial charge on any atom is 0.573 e. The summed E-state index contributed by atoms with van der Waals surface area (Å²) < 4.78 is 150. The minimum absolute atomic E-state index is 0.00281. The lowest BCUT2D eigenvalue weighted by Crippen LogP contribution is -2.41. The maximum absolute atomic E-state index is 13.9. The summed E-state index contributed by atoms with van der Waals surface area (Å²) in [4.78, 5) is 36.7. The number of ether oxygens (including phenoxy) is 4. The lowest BCUT2D eigenvalue weighted by molar-refractivity contribution is -0.275. The standard InChI is InChI=1S/C22H24ClF5N2O3S.C22H25F5N2O3S/c1-20(2,3)33-19(31)30-7-5-12(6-8-30)18-29-16(17(23)34-18)13-9-14(21(4,24)25)11-15(10-13)32-22(26,27)28;1-20(2,3)32-19(30)29-7-5-13(6-8-29)18-28-17(12-33-18)14-9-15(21(4,23)24)11-16(10-14)31-22(25,26)27/h9-12H,5-8H2,1-4H3;9-13H,5-8H2,1-4H3. The van der Waals surface area contributed by atoms with Gasteiger partial charge in [-0.2, -0.15) is 0 Å². The van der Waals surface area contributed by atoms with Gasteiger partial charge >= 0.3 is 24.9 Å². The number of likely N-dealkylation sites (tertiary alicyclic amines) is 2. The summed E-state index contributed by atoms with van der Waals surface area (Å²) >= 11 is 8.77. The van der Waals surface area contributed by atoms with E-state index in [9.17, 15) is 53.5 Å². The SMILES string of the molecule is CC(C)(C)OC(=O)N1CCC(c2nc(-c3cc(OC(F)(F)F)cc(C(C)(F)F)c3)c(Cl)s2)CC1.CC(C)(C)OC(=O)N1CCC(c2nc(-c3cc(OC(F)(F)F)cc(C(C)(F)F)c3)cs2)CC1. The summed E-state index contributed by atoms with van der Waals surface area (Å²) in [5, 5.41) is 2.98. The molecule has 0 radical (unpaired) electrons. The first kappa shape index (κ1) is 53.4. The predicted octanol–water partition coefficient (Wildman–Crippen LogP) is 14.5. The molecular weight excluding hydrogens is 970 g/mol. The van der Waals surface area contributed by atoms with Gasteiger partial charge in [-0.25, -0.2) is 37.1 Å². The fraction of sp³-hybridized carbons (Fsp3) is 0.545. The number of hydrogen-bond donors (Lipinski definition) is 0. The van der Waals surface area contributed by atoms with E-state index in [1.54, 1.807) is 56.7 Å². The van der Waals surface area contributed by atoms with Crippen LogP contribution in [-0.4, -0.2) is 82.1 Å². The molecule has 2 aliphatic rings. The summed E-state index contributed by atoms with van der Waals surface area (Å²) in [6.07, 6.45) is -8.39. The Kier molecular flexibility index (Phi) is 16.1. The second kappa shape index (κ2) is 20.2. The van der Waals surface area contributed by atoms with Gasteiger partial charge in [0.25, 0.3) is 11.8 Å². The van der Waals surface area contributed by atoms with Crippen LogP contribution in [0.4, 0.5) is 53.5 Å². The minimum atomic E-state index is -5.04. The molecule has 2 saturated heterocycles. The van der Waals surface area contributed by atoms with E-state index in [4.69, 9.17) is 21.1 Å². The van der Waals surface area contributed by atoms with Crippen LogP contribution in [0.5, 0.6) is 11.5 Å². The summed E-state index contributed by atoms with van der Waals surface area (Å²) in [6, 6.07) is 5.53. The van der Waals surface area contributed by atoms with E-state index < -0.39 is 64.5 Å². The van der Waals surface area contributed by atoms with Gasteiger partial charge in [0.15, 0.2) is 0 Å². The van der Waals surface area contributed by atoms with E-state index >= 15 is 0 Å². The minimum Gasteiger partial charge on any atom is -0.444 e. The quantitative estimate of drug-likeness (QED) is 0.161. The molecule has 4 heterocycles. The molecule has 4 aromatic rings. The Hall–Kier alpha value is -4.57. The molecule has 23 heteroatoms. The van der Waals surface area contributed by atoms with Crippen molar-refractivity contribution in [2.24, 2.45) is 0 Å². The largest absolute Gasteiger partial charge is 0.573 e. The predicted molar refractivity (Wildman–Crippen MR) is 232 cm³/mol. The van der Waals surface area contributed by atoms with Gasteiger partial charge in [0.1, 0.15) is 32.7 Å². The molecule has 0 saturated carbocycles. The molecule has 0 bridgehead atoms. The van der Waals surface area contributed by atoms with E-state index in [0.717, 1.165) is 40.6 Å². The zero-order chi connectivity index (χ0) is 50.1. The van der Waals surface area contributed by atoms with Gasteiger partial charge < -0.3 is 28.7 Å². The van der Waals surface area contributed by atoms with Gasteiger partial charge in [0, 0.05) is 79.5 Å². The Balaban J connectivity index is 0.000000251. The number of rotatable bonds is 8. The molecular formula is C44H49ClF10N4O6S2. The highest BCUT2D eigenvalue weighted by Crippen LogP contribution is 2.43. The highest BCUT2D eigenvalue weighted by molar-refractivity contribution is 7.16. The molecule has 0 aliphatic carbocycles. The summed E-state index contributed by atoms with van der Waals surface area (Å²) in [7, 11) is 0. The van der Waals surface area contributed by atoms with Crippen LogP contribution >= 0.6 is 34.3 Å². The molecule has 0 atom stereocenters. The normalized spacial score (nSPS) is 16.0. The number of thiazole rings is 2. The van der Waals surface area contributed by atoms with Gasteiger partial charge in [-0.05, 0) is 104 Å². The molecule has 67 heavy (non-hydrogen) atoms. The van der Waals surface area contributed by atoms with E-state index in [2.05, 4.69) is 19.4 Å². The number of alkyl halides is 10. The Labute approximate surface area is 393 Å². The number of carbonyl (C=O) groups excluding carboxylic acids is 2. The van der Waals surface area contributed by atoms with Crippen molar-refractivity contribution in [3.8, 4) is 34.0 Å². The van der Waals surface area contributed by atoms with Crippen LogP contribution in [0, 0.1) is 0 Å². The summed E-state index contributed by atoms with van der Waals surface area (Å²) in [6.45, 7) is 13.8. The summed E-state index contributed by atoms with van der Waals surface area (Å²) in [5.74, 6) is -8.26. The smallest absolute Gasteiger partial charge is 0.444 e. The number of amides is 2. The first-order valence-electron chi connectivity index (χ1n) is 20.8. The summed E-state index contributed by atoms with van der Waals surface area (Å²) in [5.41, 5.74) is -1.93. The topological polar surface area (TPSA) is 103 Å². The third-order valence-electron chi connectivity index (χ3n) is 9.98. The van der Waals surface area contributed by atoms with E-state index in [1.807, 2.05) is 0 Å². The molecule has 0 N–H and O–H groups in total. The van der Waals surface area contributed by atoms with Gasteiger partial charge in [0.05, 0.1) is 15.7 Å². The maximum atomic E-state index is 13.9. The molecule has 0 unspecified atom stereocenters. The lowest BCUT2D eigenvalue weighted by Gasteiger charge is -2.32. The molecule has 6 rings (SSSR count). The molecule has 2 aromatic carbocycles. The number of nitrogens with zero attached hydrogens (tertiary/aromatic N) is 4. The molecule has 10 nitrogen and oxygen atoms in total. The van der Waals surface area contributed by atoms with Gasteiger partial charge in [0.2, 0.25) is 0 Å². The third kappa shape index (κ3) is 16.0. The first-order valence-corrected chi connectivity index (χ1v) is 22.9. The van der Waals surface area contributed by atoms with Crippen molar-refractivity contribution in [1.29, 1.82) is 0 Å². The van der Waals surface area contributed by atoms with Crippen LogP contribution in [0.2, 0.25) is 4.34 Å². The highest BCUT2D eigenvalue weighted by atomic mass is 35.5. The van der Waals surface area contributed by atoms with Crippen molar-refractivity contribution < 1.29 is 72.4 Å². The molecule has 370 valence electrons. The average Bonchev–Trinajstić information content (AvgIpc) is 3.82. The van der Waals surface area contributed by atoms with Crippen LogP contribution in [0.3, 0.4) is 0 Å². The van der Waals surface area contributed by atoms with Crippen molar-refractivity contribution in [3.05, 3.63) is 67.3 Å². The van der Waals surface area contributed by atoms with Crippen LogP contribution in [-0.2, 0) is 21.3 Å². The number of halogens is 11. The number of carbonyl (C=O) groups is 2. The number of hydrogen-bond acceptors (Lipinski definition) is 10. The second-order valence-corrected chi connectivity index (χ2v) is 20.6. The molecule has 2 aliphatic heterocycles. The Bertz CT molecular complexity index is 2350.